The Morgan fingerprint density at radius 2 is 2.00 bits per heavy atom. The molecule has 0 saturated carbocycles. The van der Waals surface area contributed by atoms with Gasteiger partial charge in [0.2, 0.25) is 5.78 Å². The van der Waals surface area contributed by atoms with Gasteiger partial charge in [0.25, 0.3) is 0 Å². The summed E-state index contributed by atoms with van der Waals surface area (Å²) >= 11 is 0. The highest BCUT2D eigenvalue weighted by Crippen LogP contribution is 2.43. The number of ketones is 1. The van der Waals surface area contributed by atoms with Crippen molar-refractivity contribution in [1.29, 1.82) is 0 Å². The second kappa shape index (κ2) is 6.57. The minimum Gasteiger partial charge on any atom is -0.312 e. The van der Waals surface area contributed by atoms with E-state index in [0.717, 1.165) is 13.8 Å². The maximum absolute atomic E-state index is 13.4. The third-order valence-electron chi connectivity index (χ3n) is 2.47. The summed E-state index contributed by atoms with van der Waals surface area (Å²) in [6, 6.07) is 0. The number of Topliss-reactive ketones (excluding diaryl/α,β-unsaturated/α-hetero) is 1. The van der Waals surface area contributed by atoms with E-state index in [-0.39, 0.29) is 5.92 Å². The minimum absolute atomic E-state index is 0.259. The van der Waals surface area contributed by atoms with Crippen LogP contribution in [-0.2, 0) is 18.4 Å². The molecule has 0 heterocycles. The highest BCUT2D eigenvalue weighted by Gasteiger charge is 2.40. The molecule has 2 unspecified atom stereocenters. The molecule has 102 valence electrons. The van der Waals surface area contributed by atoms with Crippen LogP contribution in [0.1, 0.15) is 26.7 Å². The van der Waals surface area contributed by atoms with E-state index in [2.05, 4.69) is 9.05 Å². The molecule has 2 atom stereocenters. The van der Waals surface area contributed by atoms with Crippen LogP contribution in [0.25, 0.3) is 0 Å². The molecule has 0 aliphatic carbocycles. The molecule has 7 heteroatoms. The van der Waals surface area contributed by atoms with Gasteiger partial charge in [-0.25, -0.2) is 0 Å². The van der Waals surface area contributed by atoms with Crippen molar-refractivity contribution in [3.8, 4) is 0 Å². The summed E-state index contributed by atoms with van der Waals surface area (Å²) in [5, 5.41) is 0. The van der Waals surface area contributed by atoms with Gasteiger partial charge in [-0.1, -0.05) is 20.3 Å². The highest BCUT2D eigenvalue weighted by molar-refractivity contribution is 7.52. The summed E-state index contributed by atoms with van der Waals surface area (Å²) in [6.45, 7) is 3.63. The fourth-order valence-corrected chi connectivity index (χ4v) is 1.49. The number of alkyl halides is 2. The molecule has 0 amide bonds. The molecule has 0 radical (unpaired) electrons. The van der Waals surface area contributed by atoms with Crippen LogP contribution in [0.15, 0.2) is 0 Å². The van der Waals surface area contributed by atoms with Crippen LogP contribution in [-0.4, -0.2) is 32.1 Å². The molecule has 0 aromatic heterocycles. The average molecular weight is 272 g/mol. The lowest BCUT2D eigenvalue weighted by Crippen LogP contribution is -2.33. The molecule has 0 saturated heterocycles. The first kappa shape index (κ1) is 16.7. The molecule has 0 aliphatic heterocycles. The van der Waals surface area contributed by atoms with Crippen molar-refractivity contribution < 1.29 is 27.2 Å². The minimum atomic E-state index is -3.44. The Balaban J connectivity index is 4.35. The van der Waals surface area contributed by atoms with Gasteiger partial charge >= 0.3 is 13.5 Å². The van der Waals surface area contributed by atoms with Crippen molar-refractivity contribution >= 4 is 13.4 Å². The number of hydrogen-bond donors (Lipinski definition) is 0. The number of halogens is 2. The van der Waals surface area contributed by atoms with E-state index in [0.29, 0.717) is 6.42 Å². The summed E-state index contributed by atoms with van der Waals surface area (Å²) in [6.07, 6.45) is 0.0424. The highest BCUT2D eigenvalue weighted by atomic mass is 31.2. The summed E-state index contributed by atoms with van der Waals surface area (Å²) < 4.78 is 47.0. The summed E-state index contributed by atoms with van der Waals surface area (Å²) in [5.41, 5.74) is 0. The number of carbonyl (C=O) groups is 1. The predicted molar refractivity (Wildman–Crippen MR) is 60.5 cm³/mol. The summed E-state index contributed by atoms with van der Waals surface area (Å²) in [4.78, 5) is 11.2. The molecule has 0 fully saturated rings. The number of rotatable bonds is 8. The molecule has 0 aliphatic rings. The zero-order valence-corrected chi connectivity index (χ0v) is 11.4. The van der Waals surface area contributed by atoms with Gasteiger partial charge < -0.3 is 9.05 Å². The van der Waals surface area contributed by atoms with E-state index in [1.54, 1.807) is 13.8 Å². The fourth-order valence-electron chi connectivity index (χ4n) is 1.03. The van der Waals surface area contributed by atoms with Crippen LogP contribution in [0.2, 0.25) is 0 Å². The van der Waals surface area contributed by atoms with E-state index >= 15 is 0 Å². The Bertz CT molecular complexity index is 307. The normalized spacial score (nSPS) is 17.5. The van der Waals surface area contributed by atoms with Crippen molar-refractivity contribution in [2.24, 2.45) is 5.92 Å². The second-order valence-corrected chi connectivity index (χ2v) is 6.24. The first-order chi connectivity index (χ1) is 7.64. The van der Waals surface area contributed by atoms with Crippen LogP contribution < -0.4 is 0 Å². The lowest BCUT2D eigenvalue weighted by atomic mass is 9.98. The predicted octanol–water partition coefficient (Wildman–Crippen LogP) is 3.11. The Hall–Kier alpha value is -0.320. The van der Waals surface area contributed by atoms with Gasteiger partial charge in [-0.2, -0.15) is 8.78 Å². The Kier molecular flexibility index (Phi) is 6.45. The molecule has 0 bridgehead atoms. The number of carbonyl (C=O) groups excluding carboxylic acids is 1. The van der Waals surface area contributed by atoms with E-state index in [1.807, 2.05) is 0 Å². The fraction of sp³-hybridized carbons (Fsp3) is 0.900. The van der Waals surface area contributed by atoms with Gasteiger partial charge in [0.05, 0.1) is 0 Å². The molecule has 17 heavy (non-hydrogen) atoms. The first-order valence-electron chi connectivity index (χ1n) is 5.33. The van der Waals surface area contributed by atoms with Crippen molar-refractivity contribution in [2.45, 2.75) is 32.6 Å². The largest absolute Gasteiger partial charge is 0.327 e. The van der Waals surface area contributed by atoms with Crippen molar-refractivity contribution in [3.63, 3.8) is 0 Å². The SMILES string of the molecule is CCC(C)CC(F)(F)C(=O)COP(C)(=O)OC. The van der Waals surface area contributed by atoms with Gasteiger partial charge in [-0.15, -0.1) is 0 Å². The van der Waals surface area contributed by atoms with E-state index in [4.69, 9.17) is 0 Å². The third kappa shape index (κ3) is 6.24. The van der Waals surface area contributed by atoms with E-state index < -0.39 is 32.3 Å². The quantitative estimate of drug-likeness (QED) is 0.637. The Labute approximate surface area is 100 Å². The molecule has 4 nitrogen and oxygen atoms in total. The second-order valence-electron chi connectivity index (χ2n) is 4.07. The lowest BCUT2D eigenvalue weighted by molar-refractivity contribution is -0.147. The summed E-state index contributed by atoms with van der Waals surface area (Å²) in [7, 11) is -2.26. The third-order valence-corrected chi connectivity index (χ3v) is 3.73. The first-order valence-corrected chi connectivity index (χ1v) is 7.32. The lowest BCUT2D eigenvalue weighted by Gasteiger charge is -2.19. The van der Waals surface area contributed by atoms with Crippen molar-refractivity contribution in [2.75, 3.05) is 20.4 Å². The maximum atomic E-state index is 13.4. The van der Waals surface area contributed by atoms with E-state index in [1.165, 1.54) is 0 Å². The Morgan fingerprint density at radius 3 is 2.41 bits per heavy atom. The molecule has 0 aromatic rings. The molecule has 0 aromatic carbocycles. The topological polar surface area (TPSA) is 52.6 Å². The zero-order chi connectivity index (χ0) is 13.7. The average Bonchev–Trinajstić information content (AvgIpc) is 2.25. The molecule has 0 rings (SSSR count). The van der Waals surface area contributed by atoms with Gasteiger partial charge in [0.1, 0.15) is 6.61 Å². The number of hydrogen-bond acceptors (Lipinski definition) is 4. The standard InChI is InChI=1S/C10H19F2O4P/c1-5-8(2)6-10(11,12)9(13)7-16-17(4,14)15-3/h8H,5-7H2,1-4H3. The van der Waals surface area contributed by atoms with Crippen LogP contribution in [0.4, 0.5) is 8.78 Å². The molecule has 0 spiro atoms. The maximum Gasteiger partial charge on any atom is 0.327 e. The molecule has 0 N–H and O–H groups in total. The van der Waals surface area contributed by atoms with Crippen LogP contribution in [0.3, 0.4) is 0 Å². The summed E-state index contributed by atoms with van der Waals surface area (Å²) in [5.74, 6) is -5.06. The van der Waals surface area contributed by atoms with Gasteiger partial charge in [0, 0.05) is 20.2 Å². The molecular weight excluding hydrogens is 253 g/mol. The van der Waals surface area contributed by atoms with E-state index in [9.17, 15) is 18.1 Å². The van der Waals surface area contributed by atoms with Gasteiger partial charge in [0.15, 0.2) is 0 Å². The van der Waals surface area contributed by atoms with Crippen LogP contribution in [0.5, 0.6) is 0 Å². The zero-order valence-electron chi connectivity index (χ0n) is 10.5. The smallest absolute Gasteiger partial charge is 0.312 e. The van der Waals surface area contributed by atoms with Gasteiger partial charge in [-0.3, -0.25) is 9.36 Å². The van der Waals surface area contributed by atoms with Crippen LogP contribution >= 0.6 is 7.60 Å². The molecular formula is C10H19F2O4P. The van der Waals surface area contributed by atoms with Gasteiger partial charge in [-0.05, 0) is 5.92 Å². The van der Waals surface area contributed by atoms with Crippen molar-refractivity contribution in [1.82, 2.24) is 0 Å². The monoisotopic (exact) mass is 272 g/mol. The van der Waals surface area contributed by atoms with Crippen molar-refractivity contribution in [3.05, 3.63) is 0 Å². The van der Waals surface area contributed by atoms with Crippen LogP contribution in [0, 0.1) is 5.92 Å². The Morgan fingerprint density at radius 1 is 1.47 bits per heavy atom.